The molecule has 1 heterocycles. The molecule has 1 aromatic heterocycles. The van der Waals surface area contributed by atoms with Crippen LogP contribution in [0.1, 0.15) is 47.1 Å². The van der Waals surface area contributed by atoms with Gasteiger partial charge >= 0.3 is 0 Å². The molecule has 0 unspecified atom stereocenters. The molecule has 0 atom stereocenters. The summed E-state index contributed by atoms with van der Waals surface area (Å²) in [6.45, 7) is 13.5. The lowest BCUT2D eigenvalue weighted by molar-refractivity contribution is 0.560. The van der Waals surface area contributed by atoms with Crippen LogP contribution in [0.3, 0.4) is 0 Å². The van der Waals surface area contributed by atoms with Crippen molar-refractivity contribution in [1.29, 1.82) is 0 Å². The summed E-state index contributed by atoms with van der Waals surface area (Å²) < 4.78 is 6.13. The van der Waals surface area contributed by atoms with Crippen LogP contribution in [0.25, 0.3) is 21.9 Å². The molecule has 0 saturated heterocycles. The first-order valence-electron chi connectivity index (χ1n) is 9.97. The standard InChI is InChI=1S/C26H29NO/c1-25(2,3)18-14-16-19(17-15-18)27(26(4,5)6)21-11-9-13-23-24(21)20-10-7-8-12-22(20)28-23/h7-17H,1-6H3. The number of hydrogen-bond donors (Lipinski definition) is 0. The number of benzene rings is 3. The number of anilines is 2. The molecule has 3 aromatic carbocycles. The van der Waals surface area contributed by atoms with Crippen LogP contribution in [0, 0.1) is 0 Å². The molecule has 0 aliphatic carbocycles. The van der Waals surface area contributed by atoms with Gasteiger partial charge in [-0.1, -0.05) is 57.2 Å². The van der Waals surface area contributed by atoms with Crippen molar-refractivity contribution in [3.63, 3.8) is 0 Å². The molecule has 144 valence electrons. The molecule has 2 heteroatoms. The smallest absolute Gasteiger partial charge is 0.137 e. The second kappa shape index (κ2) is 6.41. The zero-order valence-corrected chi connectivity index (χ0v) is 17.7. The highest BCUT2D eigenvalue weighted by Crippen LogP contribution is 2.42. The van der Waals surface area contributed by atoms with E-state index in [4.69, 9.17) is 4.42 Å². The lowest BCUT2D eigenvalue weighted by atomic mass is 9.87. The molecule has 0 amide bonds. The third-order valence-electron chi connectivity index (χ3n) is 5.28. The Labute approximate surface area is 167 Å². The predicted molar refractivity (Wildman–Crippen MR) is 121 cm³/mol. The van der Waals surface area contributed by atoms with Crippen LogP contribution in [-0.2, 0) is 5.41 Å². The maximum atomic E-state index is 6.13. The Morgan fingerprint density at radius 3 is 1.96 bits per heavy atom. The number of hydrogen-bond acceptors (Lipinski definition) is 2. The first-order chi connectivity index (χ1) is 13.2. The minimum atomic E-state index is -0.0874. The molecular weight excluding hydrogens is 342 g/mol. The van der Waals surface area contributed by atoms with Gasteiger partial charge in [0.25, 0.3) is 0 Å². The van der Waals surface area contributed by atoms with Gasteiger partial charge in [0.15, 0.2) is 0 Å². The van der Waals surface area contributed by atoms with Crippen LogP contribution in [0.5, 0.6) is 0 Å². The molecular formula is C26H29NO. The van der Waals surface area contributed by atoms with E-state index in [0.29, 0.717) is 0 Å². The van der Waals surface area contributed by atoms with E-state index in [1.54, 1.807) is 0 Å². The second-order valence-corrected chi connectivity index (χ2v) is 9.55. The summed E-state index contributed by atoms with van der Waals surface area (Å²) >= 11 is 0. The number of para-hydroxylation sites is 1. The Morgan fingerprint density at radius 1 is 0.679 bits per heavy atom. The van der Waals surface area contributed by atoms with Gasteiger partial charge in [-0.25, -0.2) is 0 Å². The van der Waals surface area contributed by atoms with Gasteiger partial charge < -0.3 is 9.32 Å². The summed E-state index contributed by atoms with van der Waals surface area (Å²) in [5.74, 6) is 0. The Hall–Kier alpha value is -2.74. The minimum absolute atomic E-state index is 0.0874. The monoisotopic (exact) mass is 371 g/mol. The summed E-state index contributed by atoms with van der Waals surface area (Å²) in [7, 11) is 0. The van der Waals surface area contributed by atoms with Crippen molar-refractivity contribution in [3.05, 3.63) is 72.3 Å². The van der Waals surface area contributed by atoms with Crippen molar-refractivity contribution in [3.8, 4) is 0 Å². The lowest BCUT2D eigenvalue weighted by Gasteiger charge is -2.38. The molecule has 4 aromatic rings. The molecule has 4 rings (SSSR count). The minimum Gasteiger partial charge on any atom is -0.456 e. The fraction of sp³-hybridized carbons (Fsp3) is 0.308. The lowest BCUT2D eigenvalue weighted by Crippen LogP contribution is -2.37. The maximum Gasteiger partial charge on any atom is 0.137 e. The summed E-state index contributed by atoms with van der Waals surface area (Å²) in [4.78, 5) is 2.42. The van der Waals surface area contributed by atoms with Crippen molar-refractivity contribution in [2.24, 2.45) is 0 Å². The van der Waals surface area contributed by atoms with Crippen molar-refractivity contribution in [2.75, 3.05) is 4.90 Å². The highest BCUT2D eigenvalue weighted by molar-refractivity contribution is 6.12. The van der Waals surface area contributed by atoms with Crippen LogP contribution in [0.4, 0.5) is 11.4 Å². The van der Waals surface area contributed by atoms with Crippen LogP contribution in [-0.4, -0.2) is 5.54 Å². The number of rotatable bonds is 2. The average Bonchev–Trinajstić information content (AvgIpc) is 3.00. The van der Waals surface area contributed by atoms with Crippen molar-refractivity contribution in [2.45, 2.75) is 52.5 Å². The van der Waals surface area contributed by atoms with Crippen LogP contribution in [0.2, 0.25) is 0 Å². The highest BCUT2D eigenvalue weighted by atomic mass is 16.3. The van der Waals surface area contributed by atoms with Crippen LogP contribution >= 0.6 is 0 Å². The topological polar surface area (TPSA) is 16.4 Å². The van der Waals surface area contributed by atoms with Gasteiger partial charge in [0.05, 0.1) is 11.1 Å². The van der Waals surface area contributed by atoms with Gasteiger partial charge in [-0.2, -0.15) is 0 Å². The number of fused-ring (bicyclic) bond motifs is 3. The molecule has 0 aliphatic heterocycles. The predicted octanol–water partition coefficient (Wildman–Crippen LogP) is 7.82. The van der Waals surface area contributed by atoms with E-state index in [1.165, 1.54) is 22.3 Å². The third kappa shape index (κ3) is 3.17. The van der Waals surface area contributed by atoms with Gasteiger partial charge in [-0.3, -0.25) is 0 Å². The van der Waals surface area contributed by atoms with E-state index in [1.807, 2.05) is 12.1 Å². The summed E-state index contributed by atoms with van der Waals surface area (Å²) in [5, 5.41) is 2.33. The van der Waals surface area contributed by atoms with Crippen molar-refractivity contribution >= 4 is 33.3 Å². The second-order valence-electron chi connectivity index (χ2n) is 9.55. The Morgan fingerprint density at radius 2 is 1.32 bits per heavy atom. The van der Waals surface area contributed by atoms with Gasteiger partial charge in [0, 0.05) is 16.6 Å². The fourth-order valence-corrected chi connectivity index (χ4v) is 3.94. The van der Waals surface area contributed by atoms with E-state index in [-0.39, 0.29) is 11.0 Å². The molecule has 0 bridgehead atoms. The summed E-state index contributed by atoms with van der Waals surface area (Å²) in [5.41, 5.74) is 5.64. The Balaban J connectivity index is 1.95. The van der Waals surface area contributed by atoms with Crippen molar-refractivity contribution < 1.29 is 4.42 Å². The molecule has 0 aliphatic rings. The number of furan rings is 1. The zero-order chi connectivity index (χ0) is 20.1. The Bertz CT molecular complexity index is 1120. The molecule has 0 saturated carbocycles. The largest absolute Gasteiger partial charge is 0.456 e. The van der Waals surface area contributed by atoms with Crippen molar-refractivity contribution in [1.82, 2.24) is 0 Å². The first kappa shape index (κ1) is 18.6. The van der Waals surface area contributed by atoms with E-state index in [9.17, 15) is 0 Å². The number of nitrogens with zero attached hydrogens (tertiary/aromatic N) is 1. The zero-order valence-electron chi connectivity index (χ0n) is 17.7. The molecule has 2 nitrogen and oxygen atoms in total. The maximum absolute atomic E-state index is 6.13. The van der Waals surface area contributed by atoms with Gasteiger partial charge in [-0.15, -0.1) is 0 Å². The average molecular weight is 372 g/mol. The van der Waals surface area contributed by atoms with Crippen LogP contribution in [0.15, 0.2) is 71.1 Å². The van der Waals surface area contributed by atoms with Gasteiger partial charge in [0.2, 0.25) is 0 Å². The van der Waals surface area contributed by atoms with E-state index < -0.39 is 0 Å². The molecule has 0 N–H and O–H groups in total. The van der Waals surface area contributed by atoms with E-state index in [2.05, 4.69) is 101 Å². The Kier molecular flexibility index (Phi) is 4.26. The summed E-state index contributed by atoms with van der Waals surface area (Å²) in [6, 6.07) is 23.6. The molecule has 28 heavy (non-hydrogen) atoms. The third-order valence-corrected chi connectivity index (χ3v) is 5.28. The SMILES string of the molecule is CC(C)(C)c1ccc(N(c2cccc3oc4ccccc4c23)C(C)(C)C)cc1. The quantitative estimate of drug-likeness (QED) is 0.357. The van der Waals surface area contributed by atoms with E-state index >= 15 is 0 Å². The van der Waals surface area contributed by atoms with Crippen LogP contribution < -0.4 is 4.90 Å². The molecule has 0 fully saturated rings. The van der Waals surface area contributed by atoms with Gasteiger partial charge in [0.1, 0.15) is 11.2 Å². The fourth-order valence-electron chi connectivity index (χ4n) is 3.94. The van der Waals surface area contributed by atoms with E-state index in [0.717, 1.165) is 16.6 Å². The van der Waals surface area contributed by atoms with Gasteiger partial charge in [-0.05, 0) is 62.1 Å². The molecule has 0 spiro atoms. The molecule has 0 radical (unpaired) electrons. The summed E-state index contributed by atoms with van der Waals surface area (Å²) in [6.07, 6.45) is 0. The normalized spacial score (nSPS) is 12.6. The highest BCUT2D eigenvalue weighted by Gasteiger charge is 2.27. The first-order valence-corrected chi connectivity index (χ1v) is 9.97.